The van der Waals surface area contributed by atoms with Crippen LogP contribution in [0.1, 0.15) is 21.0 Å². The lowest BCUT2D eigenvalue weighted by Crippen LogP contribution is -2.51. The lowest BCUT2D eigenvalue weighted by atomic mass is 10.3. The molecule has 0 aliphatic heterocycles. The summed E-state index contributed by atoms with van der Waals surface area (Å²) < 4.78 is 64.5. The van der Waals surface area contributed by atoms with Gasteiger partial charge in [-0.15, -0.1) is 0 Å². The molecule has 0 fully saturated rings. The molecule has 6 N–H and O–H groups in total. The molecule has 0 aliphatic rings. The van der Waals surface area contributed by atoms with Crippen molar-refractivity contribution >= 4 is 15.2 Å². The fourth-order valence-electron chi connectivity index (χ4n) is 0.429. The van der Waals surface area contributed by atoms with Crippen molar-refractivity contribution in [2.75, 3.05) is 6.50 Å². The summed E-state index contributed by atoms with van der Waals surface area (Å²) in [6.45, 7) is -3.42. The van der Waals surface area contributed by atoms with Gasteiger partial charge in [-0.05, 0) is 6.37 Å². The molecular weight excluding hydrogens is 236 g/mol. The summed E-state index contributed by atoms with van der Waals surface area (Å²) in [5, 5.41) is 4.45. The number of aliphatic hydroxyl groups is 1. The topological polar surface area (TPSA) is 169 Å². The predicted octanol–water partition coefficient (Wildman–Crippen LogP) is -3.25. The second kappa shape index (κ2) is 4.38. The Labute approximate surface area is 88.5 Å². The molecule has 14 heavy (non-hydrogen) atoms. The van der Waals surface area contributed by atoms with E-state index in [1.807, 2.05) is 0 Å². The third kappa shape index (κ3) is 2.85. The minimum atomic E-state index is -6.63. The second-order valence-electron chi connectivity index (χ2n) is 2.10. The first-order chi connectivity index (χ1) is 8.25. The minimum absolute atomic E-state index is 2.55. The van der Waals surface area contributed by atoms with Crippen molar-refractivity contribution in [3.05, 3.63) is 0 Å². The number of quaternary nitrogens is 1. The predicted molar refractivity (Wildman–Crippen MR) is 41.6 cm³/mol. The summed E-state index contributed by atoms with van der Waals surface area (Å²) >= 11 is 0. The van der Waals surface area contributed by atoms with E-state index >= 15 is 0 Å². The standard InChI is InChI=1S/C4H13NO7P2/c5-3-1-2-4(6,13(7,8)9)14(10,11)12/h6H,1-3,5H2,(H2,7,8,9)(H2,10,11,12)/p-1/i1D2,2D2,3D2. The second-order valence-corrected chi connectivity index (χ2v) is 5.83. The van der Waals surface area contributed by atoms with Crippen molar-refractivity contribution in [1.82, 2.24) is 0 Å². The van der Waals surface area contributed by atoms with Gasteiger partial charge in [0.1, 0.15) is 0 Å². The molecule has 0 spiro atoms. The summed E-state index contributed by atoms with van der Waals surface area (Å²) in [5.41, 5.74) is 2.55. The van der Waals surface area contributed by atoms with Gasteiger partial charge >= 0.3 is 0 Å². The molecular formula is C4H12NO7P2-. The van der Waals surface area contributed by atoms with Crippen LogP contribution < -0.4 is 15.5 Å². The van der Waals surface area contributed by atoms with Crippen LogP contribution in [0.25, 0.3) is 0 Å². The molecule has 0 saturated carbocycles. The van der Waals surface area contributed by atoms with Gasteiger partial charge in [-0.2, -0.15) is 0 Å². The third-order valence-corrected chi connectivity index (χ3v) is 4.42. The Kier molecular flexibility index (Phi) is 2.11. The zero-order valence-corrected chi connectivity index (χ0v) is 8.37. The lowest BCUT2D eigenvalue weighted by molar-refractivity contribution is -0.369. The molecule has 0 rings (SSSR count). The van der Waals surface area contributed by atoms with Crippen molar-refractivity contribution in [3.63, 3.8) is 0 Å². The molecule has 0 bridgehead atoms. The van der Waals surface area contributed by atoms with Gasteiger partial charge in [0.05, 0.1) is 9.24 Å². The van der Waals surface area contributed by atoms with Gasteiger partial charge in [0.25, 0.3) is 0 Å². The van der Waals surface area contributed by atoms with Crippen molar-refractivity contribution in [2.24, 2.45) is 0 Å². The summed E-state index contributed by atoms with van der Waals surface area (Å²) in [6, 6.07) is 0. The lowest BCUT2D eigenvalue weighted by Gasteiger charge is -2.41. The summed E-state index contributed by atoms with van der Waals surface area (Å²) in [7, 11) is -13.3. The van der Waals surface area contributed by atoms with Gasteiger partial charge in [-0.25, -0.2) is 0 Å². The van der Waals surface area contributed by atoms with E-state index in [9.17, 15) is 24.0 Å². The summed E-state index contributed by atoms with van der Waals surface area (Å²) in [6.07, 6.45) is -8.52. The maximum Gasteiger partial charge on any atom is 0.191 e. The zero-order valence-electron chi connectivity index (χ0n) is 12.6. The fraction of sp³-hybridized carbons (Fsp3) is 1.00. The van der Waals surface area contributed by atoms with Crippen LogP contribution in [0.5, 0.6) is 0 Å². The van der Waals surface area contributed by atoms with Crippen LogP contribution in [0, 0.1) is 0 Å². The number of hydrogen-bond donors (Lipinski definition) is 4. The van der Waals surface area contributed by atoms with E-state index in [2.05, 4.69) is 5.73 Å². The van der Waals surface area contributed by atoms with E-state index in [0.29, 0.717) is 0 Å². The highest BCUT2D eigenvalue weighted by Crippen LogP contribution is 2.65. The van der Waals surface area contributed by atoms with E-state index < -0.39 is 39.5 Å². The van der Waals surface area contributed by atoms with Crippen LogP contribution in [0.3, 0.4) is 0 Å². The molecule has 8 nitrogen and oxygen atoms in total. The molecule has 0 aliphatic carbocycles. The van der Waals surface area contributed by atoms with E-state index in [-0.39, 0.29) is 0 Å². The van der Waals surface area contributed by atoms with Crippen LogP contribution in [-0.2, 0) is 9.13 Å². The van der Waals surface area contributed by atoms with E-state index in [1.165, 1.54) is 0 Å². The molecule has 10 heteroatoms. The zero-order chi connectivity index (χ0) is 17.0. The largest absolute Gasteiger partial charge is 0.776 e. The first-order valence-corrected chi connectivity index (χ1v) is 6.06. The maximum absolute atomic E-state index is 11.0. The van der Waals surface area contributed by atoms with Gasteiger partial charge in [0.15, 0.2) is 20.3 Å². The van der Waals surface area contributed by atoms with E-state index in [1.54, 1.807) is 0 Å². The fourth-order valence-corrected chi connectivity index (χ4v) is 2.10. The Bertz CT molecular complexity index is 456. The SMILES string of the molecule is [2H]C([2H])([NH3+])C([2H])([2H])C([2H])([2H])C(O)(P(=O)([O-])O)P(=O)([O-])O. The molecule has 2 atom stereocenters. The Morgan fingerprint density at radius 1 is 1.36 bits per heavy atom. The minimum Gasteiger partial charge on any atom is -0.776 e. The highest BCUT2D eigenvalue weighted by molar-refractivity contribution is 7.70. The summed E-state index contributed by atoms with van der Waals surface area (Å²) in [5.74, 6) is 0. The molecule has 0 radical (unpaired) electrons. The molecule has 0 saturated heterocycles. The van der Waals surface area contributed by atoms with Gasteiger partial charge in [-0.3, -0.25) is 0 Å². The molecule has 0 aromatic carbocycles. The van der Waals surface area contributed by atoms with Gasteiger partial charge in [0.2, 0.25) is 0 Å². The first kappa shape index (κ1) is 6.73. The van der Waals surface area contributed by atoms with Crippen LogP contribution in [0.2, 0.25) is 0 Å². The normalized spacial score (nSPS) is 34.1. The molecule has 0 aromatic rings. The third-order valence-electron chi connectivity index (χ3n) is 1.11. The Morgan fingerprint density at radius 2 is 1.71 bits per heavy atom. The highest BCUT2D eigenvalue weighted by Gasteiger charge is 2.46. The first-order valence-electron chi connectivity index (χ1n) is 5.90. The van der Waals surface area contributed by atoms with Gasteiger partial charge < -0.3 is 39.5 Å². The number of rotatable bonds is 5. The monoisotopic (exact) mass is 254 g/mol. The smallest absolute Gasteiger partial charge is 0.191 e. The molecule has 0 amide bonds. The summed E-state index contributed by atoms with van der Waals surface area (Å²) in [4.78, 5) is 39.4. The van der Waals surface area contributed by atoms with Gasteiger partial charge in [0, 0.05) is 11.9 Å². The number of hydrogen-bond acceptors (Lipinski definition) is 5. The highest BCUT2D eigenvalue weighted by atomic mass is 31.2. The Hall–Kier alpha value is 0.220. The van der Waals surface area contributed by atoms with Gasteiger partial charge in [-0.1, -0.05) is 0 Å². The quantitative estimate of drug-likeness (QED) is 0.373. The van der Waals surface area contributed by atoms with Crippen LogP contribution in [-0.4, -0.2) is 26.5 Å². The van der Waals surface area contributed by atoms with Crippen molar-refractivity contribution < 1.29 is 47.8 Å². The molecule has 86 valence electrons. The van der Waals surface area contributed by atoms with E-state index in [0.717, 1.165) is 0 Å². The van der Waals surface area contributed by atoms with Crippen molar-refractivity contribution in [3.8, 4) is 0 Å². The van der Waals surface area contributed by atoms with Crippen molar-refractivity contribution in [2.45, 2.75) is 17.8 Å². The Morgan fingerprint density at radius 3 is 1.93 bits per heavy atom. The average Bonchev–Trinajstić information content (AvgIpc) is 2.10. The van der Waals surface area contributed by atoms with Crippen LogP contribution >= 0.6 is 15.2 Å². The Balaban J connectivity index is 6.54. The van der Waals surface area contributed by atoms with Crippen LogP contribution in [0.15, 0.2) is 0 Å². The van der Waals surface area contributed by atoms with Crippen molar-refractivity contribution in [1.29, 1.82) is 0 Å². The maximum atomic E-state index is 11.0. The van der Waals surface area contributed by atoms with Crippen LogP contribution in [0.4, 0.5) is 0 Å². The van der Waals surface area contributed by atoms with E-state index in [4.69, 9.17) is 18.0 Å². The molecule has 0 heterocycles. The molecule has 0 aromatic heterocycles. The average molecular weight is 254 g/mol. The molecule has 2 unspecified atom stereocenters.